The summed E-state index contributed by atoms with van der Waals surface area (Å²) in [5, 5.41) is 0. The molecule has 0 saturated carbocycles. The maximum absolute atomic E-state index is 11.5. The standard InChI is InChI=1S/C10H19NO3/c1-8(12)11-9(13-2)6-4-5-7-10(11)14-3/h9-10H,4-7H2,1-3H3/t9-,10-/m0/s1. The molecule has 1 aliphatic heterocycles. The quantitative estimate of drug-likeness (QED) is 0.677. The number of hydrogen-bond donors (Lipinski definition) is 0. The van der Waals surface area contributed by atoms with Crippen LogP contribution in [-0.4, -0.2) is 37.5 Å². The Bertz CT molecular complexity index is 182. The molecule has 1 heterocycles. The monoisotopic (exact) mass is 201 g/mol. The number of hydrogen-bond acceptors (Lipinski definition) is 3. The van der Waals surface area contributed by atoms with Gasteiger partial charge >= 0.3 is 0 Å². The smallest absolute Gasteiger partial charge is 0.223 e. The van der Waals surface area contributed by atoms with Crippen molar-refractivity contribution in [1.82, 2.24) is 4.90 Å². The summed E-state index contributed by atoms with van der Waals surface area (Å²) in [6.45, 7) is 1.56. The van der Waals surface area contributed by atoms with Crippen molar-refractivity contribution in [3.05, 3.63) is 0 Å². The number of nitrogens with zero attached hydrogens (tertiary/aromatic N) is 1. The zero-order valence-corrected chi connectivity index (χ0v) is 9.16. The van der Waals surface area contributed by atoms with Crippen molar-refractivity contribution in [2.75, 3.05) is 14.2 Å². The average molecular weight is 201 g/mol. The van der Waals surface area contributed by atoms with Crippen LogP contribution in [0.4, 0.5) is 0 Å². The number of carbonyl (C=O) groups is 1. The normalized spacial score (nSPS) is 28.6. The maximum Gasteiger partial charge on any atom is 0.223 e. The Morgan fingerprint density at radius 3 is 1.86 bits per heavy atom. The first-order chi connectivity index (χ1) is 6.70. The first-order valence-electron chi connectivity index (χ1n) is 5.05. The van der Waals surface area contributed by atoms with E-state index in [0.717, 1.165) is 25.7 Å². The van der Waals surface area contributed by atoms with Gasteiger partial charge in [-0.15, -0.1) is 0 Å². The minimum Gasteiger partial charge on any atom is -0.361 e. The van der Waals surface area contributed by atoms with Gasteiger partial charge in [-0.2, -0.15) is 0 Å². The lowest BCUT2D eigenvalue weighted by atomic mass is 10.2. The fourth-order valence-corrected chi connectivity index (χ4v) is 1.97. The van der Waals surface area contributed by atoms with Crippen molar-refractivity contribution in [2.24, 2.45) is 0 Å². The third-order valence-corrected chi connectivity index (χ3v) is 2.68. The van der Waals surface area contributed by atoms with Crippen LogP contribution in [-0.2, 0) is 14.3 Å². The van der Waals surface area contributed by atoms with Crippen LogP contribution < -0.4 is 0 Å². The highest BCUT2D eigenvalue weighted by Gasteiger charge is 2.30. The van der Waals surface area contributed by atoms with Crippen LogP contribution in [0.15, 0.2) is 0 Å². The van der Waals surface area contributed by atoms with E-state index in [9.17, 15) is 4.79 Å². The molecule has 1 aliphatic rings. The largest absolute Gasteiger partial charge is 0.361 e. The summed E-state index contributed by atoms with van der Waals surface area (Å²) in [7, 11) is 3.28. The van der Waals surface area contributed by atoms with Crippen LogP contribution >= 0.6 is 0 Å². The Balaban J connectivity index is 2.77. The van der Waals surface area contributed by atoms with Crippen molar-refractivity contribution in [2.45, 2.75) is 45.1 Å². The molecule has 82 valence electrons. The van der Waals surface area contributed by atoms with Gasteiger partial charge in [-0.05, 0) is 25.7 Å². The van der Waals surface area contributed by atoms with Crippen LogP contribution in [0.2, 0.25) is 0 Å². The first kappa shape index (κ1) is 11.5. The van der Waals surface area contributed by atoms with E-state index in [1.54, 1.807) is 26.0 Å². The molecule has 2 atom stereocenters. The highest BCUT2D eigenvalue weighted by Crippen LogP contribution is 2.22. The molecular formula is C10H19NO3. The first-order valence-corrected chi connectivity index (χ1v) is 5.05. The molecule has 14 heavy (non-hydrogen) atoms. The second-order valence-electron chi connectivity index (χ2n) is 3.59. The van der Waals surface area contributed by atoms with Crippen LogP contribution in [0.5, 0.6) is 0 Å². The highest BCUT2D eigenvalue weighted by atomic mass is 16.5. The summed E-state index contributed by atoms with van der Waals surface area (Å²) in [6.07, 6.45) is 3.72. The second-order valence-corrected chi connectivity index (χ2v) is 3.59. The molecule has 0 aromatic rings. The van der Waals surface area contributed by atoms with E-state index in [1.807, 2.05) is 0 Å². The second kappa shape index (κ2) is 5.32. The van der Waals surface area contributed by atoms with Crippen molar-refractivity contribution in [3.8, 4) is 0 Å². The zero-order valence-electron chi connectivity index (χ0n) is 9.16. The van der Waals surface area contributed by atoms with Crippen LogP contribution in [0, 0.1) is 0 Å². The third kappa shape index (κ3) is 2.45. The van der Waals surface area contributed by atoms with Gasteiger partial charge in [-0.3, -0.25) is 9.69 Å². The van der Waals surface area contributed by atoms with Gasteiger partial charge in [0.25, 0.3) is 0 Å². The van der Waals surface area contributed by atoms with Gasteiger partial charge in [0.1, 0.15) is 12.5 Å². The van der Waals surface area contributed by atoms with Gasteiger partial charge in [0, 0.05) is 21.1 Å². The molecule has 1 amide bonds. The van der Waals surface area contributed by atoms with Crippen molar-refractivity contribution in [1.29, 1.82) is 0 Å². The van der Waals surface area contributed by atoms with E-state index in [2.05, 4.69) is 0 Å². The SMILES string of the molecule is CO[C@H]1CCCC[C@H](OC)N1C(C)=O. The van der Waals surface area contributed by atoms with Gasteiger partial charge in [0.15, 0.2) is 0 Å². The number of methoxy groups -OCH3 is 2. The van der Waals surface area contributed by atoms with Crippen LogP contribution in [0.25, 0.3) is 0 Å². The lowest BCUT2D eigenvalue weighted by Gasteiger charge is -2.33. The van der Waals surface area contributed by atoms with Crippen LogP contribution in [0.1, 0.15) is 32.6 Å². The molecule has 0 bridgehead atoms. The van der Waals surface area contributed by atoms with Crippen molar-refractivity contribution in [3.63, 3.8) is 0 Å². The Morgan fingerprint density at radius 2 is 1.57 bits per heavy atom. The van der Waals surface area contributed by atoms with Crippen molar-refractivity contribution < 1.29 is 14.3 Å². The summed E-state index contributed by atoms with van der Waals surface area (Å²) in [5.41, 5.74) is 0. The summed E-state index contributed by atoms with van der Waals surface area (Å²) in [6, 6.07) is 0. The van der Waals surface area contributed by atoms with Gasteiger partial charge < -0.3 is 9.47 Å². The Labute approximate surface area is 85.2 Å². The van der Waals surface area contributed by atoms with Gasteiger partial charge in [-0.1, -0.05) is 0 Å². The number of likely N-dealkylation sites (tertiary alicyclic amines) is 1. The Hall–Kier alpha value is -0.610. The molecule has 0 aromatic carbocycles. The Morgan fingerprint density at radius 1 is 1.14 bits per heavy atom. The van der Waals surface area contributed by atoms with Gasteiger partial charge in [0.2, 0.25) is 5.91 Å². The minimum absolute atomic E-state index is 0.0191. The van der Waals surface area contributed by atoms with E-state index >= 15 is 0 Å². The predicted octanol–water partition coefficient (Wildman–Crippen LogP) is 1.35. The summed E-state index contributed by atoms with van der Waals surface area (Å²) in [4.78, 5) is 13.2. The topological polar surface area (TPSA) is 38.8 Å². The van der Waals surface area contributed by atoms with Gasteiger partial charge in [-0.25, -0.2) is 0 Å². The fourth-order valence-electron chi connectivity index (χ4n) is 1.97. The average Bonchev–Trinajstić information content (AvgIpc) is 2.38. The molecule has 0 unspecified atom stereocenters. The van der Waals surface area contributed by atoms with Gasteiger partial charge in [0.05, 0.1) is 0 Å². The number of rotatable bonds is 2. The lowest BCUT2D eigenvalue weighted by Crippen LogP contribution is -2.46. The highest BCUT2D eigenvalue weighted by molar-refractivity contribution is 5.73. The number of amides is 1. The number of ether oxygens (including phenoxy) is 2. The summed E-state index contributed by atoms with van der Waals surface area (Å²) < 4.78 is 10.6. The maximum atomic E-state index is 11.5. The lowest BCUT2D eigenvalue weighted by molar-refractivity contribution is -0.165. The molecule has 1 rings (SSSR count). The van der Waals surface area contributed by atoms with E-state index in [1.165, 1.54) is 0 Å². The summed E-state index contributed by atoms with van der Waals surface area (Å²) in [5.74, 6) is 0.0191. The molecule has 0 radical (unpaired) electrons. The molecule has 1 fully saturated rings. The molecule has 0 aliphatic carbocycles. The Kier molecular flexibility index (Phi) is 4.35. The molecule has 0 N–H and O–H groups in total. The van der Waals surface area contributed by atoms with E-state index < -0.39 is 0 Å². The molecule has 1 saturated heterocycles. The molecule has 4 nitrogen and oxygen atoms in total. The third-order valence-electron chi connectivity index (χ3n) is 2.68. The minimum atomic E-state index is -0.125. The summed E-state index contributed by atoms with van der Waals surface area (Å²) >= 11 is 0. The number of carbonyl (C=O) groups excluding carboxylic acids is 1. The molecule has 4 heteroatoms. The molecule has 0 aromatic heterocycles. The van der Waals surface area contributed by atoms with Crippen molar-refractivity contribution >= 4 is 5.91 Å². The molecular weight excluding hydrogens is 182 g/mol. The van der Waals surface area contributed by atoms with E-state index in [0.29, 0.717) is 0 Å². The van der Waals surface area contributed by atoms with Crippen LogP contribution in [0.3, 0.4) is 0 Å². The molecule has 0 spiro atoms. The van der Waals surface area contributed by atoms with E-state index in [4.69, 9.17) is 9.47 Å². The zero-order chi connectivity index (χ0) is 10.6. The van der Waals surface area contributed by atoms with E-state index in [-0.39, 0.29) is 18.4 Å². The predicted molar refractivity (Wildman–Crippen MR) is 52.6 cm³/mol. The fraction of sp³-hybridized carbons (Fsp3) is 0.900.